The summed E-state index contributed by atoms with van der Waals surface area (Å²) in [6.07, 6.45) is -0.184. The molecule has 5 heteroatoms. The lowest BCUT2D eigenvalue weighted by Crippen LogP contribution is -2.32. The number of likely N-dealkylation sites (tertiary alicyclic amines) is 1. The average Bonchev–Trinajstić information content (AvgIpc) is 2.29. The van der Waals surface area contributed by atoms with Gasteiger partial charge in [-0.3, -0.25) is 19.3 Å². The molecule has 1 aliphatic heterocycles. The van der Waals surface area contributed by atoms with Gasteiger partial charge in [0, 0.05) is 18.4 Å². The quantitative estimate of drug-likeness (QED) is 0.654. The number of rotatable bonds is 3. The number of hydrogen-bond acceptors (Lipinski definition) is 3. The molecule has 5 nitrogen and oxygen atoms in total. The van der Waals surface area contributed by atoms with Crippen LogP contribution in [0.1, 0.15) is 20.3 Å². The summed E-state index contributed by atoms with van der Waals surface area (Å²) in [7, 11) is 0. The molecule has 2 amide bonds. The van der Waals surface area contributed by atoms with Crippen LogP contribution in [0.25, 0.3) is 0 Å². The van der Waals surface area contributed by atoms with Crippen molar-refractivity contribution in [3.8, 4) is 0 Å². The fourth-order valence-electron chi connectivity index (χ4n) is 1.46. The molecule has 1 saturated heterocycles. The maximum absolute atomic E-state index is 11.5. The summed E-state index contributed by atoms with van der Waals surface area (Å²) in [4.78, 5) is 34.2. The number of carbonyl (C=O) groups excluding carboxylic acids is 2. The molecule has 0 bridgehead atoms. The zero-order chi connectivity index (χ0) is 10.9. The molecule has 14 heavy (non-hydrogen) atoms. The number of amides is 2. The highest BCUT2D eigenvalue weighted by molar-refractivity contribution is 6.04. The number of carboxylic acids is 1. The minimum absolute atomic E-state index is 0.0122. The second-order valence-corrected chi connectivity index (χ2v) is 3.55. The molecule has 1 aliphatic rings. The summed E-state index contributed by atoms with van der Waals surface area (Å²) in [5.41, 5.74) is 0. The first kappa shape index (κ1) is 10.7. The van der Waals surface area contributed by atoms with Gasteiger partial charge in [0.2, 0.25) is 11.8 Å². The van der Waals surface area contributed by atoms with Crippen molar-refractivity contribution in [1.29, 1.82) is 0 Å². The Bertz CT molecular complexity index is 267. The third kappa shape index (κ3) is 1.76. The number of aliphatic carboxylic acids is 1. The summed E-state index contributed by atoms with van der Waals surface area (Å²) >= 11 is 0. The number of hydrogen-bond donors (Lipinski definition) is 1. The van der Waals surface area contributed by atoms with Gasteiger partial charge in [0.1, 0.15) is 0 Å². The first-order chi connectivity index (χ1) is 6.45. The number of imide groups is 1. The predicted octanol–water partition coefficient (Wildman–Crippen LogP) is 0.102. The Balaban J connectivity index is 2.66. The van der Waals surface area contributed by atoms with Gasteiger partial charge < -0.3 is 5.11 Å². The molecule has 1 rings (SSSR count). The summed E-state index contributed by atoms with van der Waals surface area (Å²) in [5.74, 6) is -2.17. The molecule has 0 aromatic heterocycles. The van der Waals surface area contributed by atoms with Crippen LogP contribution in [0, 0.1) is 11.8 Å². The minimum atomic E-state index is -1.00. The molecule has 2 unspecified atom stereocenters. The Kier molecular flexibility index (Phi) is 2.88. The monoisotopic (exact) mass is 199 g/mol. The van der Waals surface area contributed by atoms with E-state index in [1.165, 1.54) is 0 Å². The standard InChI is InChI=1S/C9H13NO4/c1-5-6(2)9(14)10(8(5)13)4-3-7(11)12/h5-6H,3-4H2,1-2H3,(H,11,12). The van der Waals surface area contributed by atoms with Gasteiger partial charge in [-0.2, -0.15) is 0 Å². The van der Waals surface area contributed by atoms with Gasteiger partial charge in [-0.25, -0.2) is 0 Å². The zero-order valence-electron chi connectivity index (χ0n) is 8.19. The Morgan fingerprint density at radius 1 is 1.29 bits per heavy atom. The molecule has 0 aromatic carbocycles. The van der Waals surface area contributed by atoms with Crippen molar-refractivity contribution in [2.24, 2.45) is 11.8 Å². The maximum Gasteiger partial charge on any atom is 0.305 e. The van der Waals surface area contributed by atoms with Crippen LogP contribution in [0.5, 0.6) is 0 Å². The first-order valence-electron chi connectivity index (χ1n) is 4.52. The number of carbonyl (C=O) groups is 3. The Hall–Kier alpha value is -1.39. The highest BCUT2D eigenvalue weighted by atomic mass is 16.4. The van der Waals surface area contributed by atoms with Gasteiger partial charge in [-0.1, -0.05) is 13.8 Å². The largest absolute Gasteiger partial charge is 0.481 e. The fourth-order valence-corrected chi connectivity index (χ4v) is 1.46. The van der Waals surface area contributed by atoms with Crippen LogP contribution in [-0.4, -0.2) is 34.3 Å². The molecule has 1 N–H and O–H groups in total. The topological polar surface area (TPSA) is 74.7 Å². The third-order valence-electron chi connectivity index (χ3n) is 2.61. The SMILES string of the molecule is CC1C(=O)N(CCC(=O)O)C(=O)C1C. The molecule has 0 radical (unpaired) electrons. The normalized spacial score (nSPS) is 27.1. The third-order valence-corrected chi connectivity index (χ3v) is 2.61. The average molecular weight is 199 g/mol. The molecule has 0 aliphatic carbocycles. The van der Waals surface area contributed by atoms with E-state index in [0.29, 0.717) is 0 Å². The van der Waals surface area contributed by atoms with Gasteiger partial charge in [-0.05, 0) is 0 Å². The molecule has 1 heterocycles. The van der Waals surface area contributed by atoms with E-state index in [2.05, 4.69) is 0 Å². The van der Waals surface area contributed by atoms with Crippen molar-refractivity contribution in [2.75, 3.05) is 6.54 Å². The molecular weight excluding hydrogens is 186 g/mol. The first-order valence-corrected chi connectivity index (χ1v) is 4.52. The summed E-state index contributed by atoms with van der Waals surface area (Å²) in [5, 5.41) is 8.43. The van der Waals surface area contributed by atoms with Crippen LogP contribution in [0.2, 0.25) is 0 Å². The Labute approximate surface area is 81.7 Å². The van der Waals surface area contributed by atoms with Gasteiger partial charge in [0.05, 0.1) is 6.42 Å². The van der Waals surface area contributed by atoms with Crippen LogP contribution in [0.3, 0.4) is 0 Å². The van der Waals surface area contributed by atoms with Crippen LogP contribution < -0.4 is 0 Å². The second kappa shape index (κ2) is 3.77. The van der Waals surface area contributed by atoms with Crippen LogP contribution >= 0.6 is 0 Å². The van der Waals surface area contributed by atoms with E-state index >= 15 is 0 Å². The summed E-state index contributed by atoms with van der Waals surface area (Å²) in [6, 6.07) is 0. The van der Waals surface area contributed by atoms with Crippen molar-refractivity contribution < 1.29 is 19.5 Å². The number of carboxylic acid groups (broad SMARTS) is 1. The van der Waals surface area contributed by atoms with E-state index in [-0.39, 0.29) is 36.6 Å². The molecule has 0 saturated carbocycles. The van der Waals surface area contributed by atoms with E-state index in [4.69, 9.17) is 5.11 Å². The van der Waals surface area contributed by atoms with Crippen molar-refractivity contribution in [1.82, 2.24) is 4.90 Å². The lowest BCUT2D eigenvalue weighted by molar-refractivity contribution is -0.141. The molecule has 2 atom stereocenters. The van der Waals surface area contributed by atoms with Crippen molar-refractivity contribution in [3.63, 3.8) is 0 Å². The molecular formula is C9H13NO4. The van der Waals surface area contributed by atoms with E-state index in [1.807, 2.05) is 0 Å². The van der Waals surface area contributed by atoms with Crippen molar-refractivity contribution >= 4 is 17.8 Å². The van der Waals surface area contributed by atoms with Crippen molar-refractivity contribution in [3.05, 3.63) is 0 Å². The number of nitrogens with zero attached hydrogens (tertiary/aromatic N) is 1. The maximum atomic E-state index is 11.5. The Morgan fingerprint density at radius 3 is 2.07 bits per heavy atom. The van der Waals surface area contributed by atoms with E-state index in [1.54, 1.807) is 13.8 Å². The van der Waals surface area contributed by atoms with Gasteiger partial charge >= 0.3 is 5.97 Å². The minimum Gasteiger partial charge on any atom is -0.481 e. The summed E-state index contributed by atoms with van der Waals surface area (Å²) < 4.78 is 0. The highest BCUT2D eigenvalue weighted by Gasteiger charge is 2.41. The van der Waals surface area contributed by atoms with Crippen LogP contribution in [0.15, 0.2) is 0 Å². The summed E-state index contributed by atoms with van der Waals surface area (Å²) in [6.45, 7) is 3.36. The smallest absolute Gasteiger partial charge is 0.305 e. The van der Waals surface area contributed by atoms with Crippen LogP contribution in [0.4, 0.5) is 0 Å². The zero-order valence-corrected chi connectivity index (χ0v) is 8.19. The Morgan fingerprint density at radius 2 is 1.71 bits per heavy atom. The van der Waals surface area contributed by atoms with E-state index in [9.17, 15) is 14.4 Å². The van der Waals surface area contributed by atoms with Gasteiger partial charge in [0.15, 0.2) is 0 Å². The second-order valence-electron chi connectivity index (χ2n) is 3.55. The molecule has 0 aromatic rings. The van der Waals surface area contributed by atoms with E-state index < -0.39 is 5.97 Å². The van der Waals surface area contributed by atoms with Crippen molar-refractivity contribution in [2.45, 2.75) is 20.3 Å². The highest BCUT2D eigenvalue weighted by Crippen LogP contribution is 2.25. The molecule has 78 valence electrons. The van der Waals surface area contributed by atoms with E-state index in [0.717, 1.165) is 4.90 Å². The molecule has 0 spiro atoms. The lowest BCUT2D eigenvalue weighted by Gasteiger charge is -2.12. The van der Waals surface area contributed by atoms with Gasteiger partial charge in [0.25, 0.3) is 0 Å². The van der Waals surface area contributed by atoms with Gasteiger partial charge in [-0.15, -0.1) is 0 Å². The lowest BCUT2D eigenvalue weighted by atomic mass is 10.00. The fraction of sp³-hybridized carbons (Fsp3) is 0.667. The molecule has 1 fully saturated rings. The predicted molar refractivity (Wildman–Crippen MR) is 47.3 cm³/mol. The van der Waals surface area contributed by atoms with Crippen LogP contribution in [-0.2, 0) is 14.4 Å².